The van der Waals surface area contributed by atoms with Gasteiger partial charge in [0.15, 0.2) is 0 Å². The van der Waals surface area contributed by atoms with Crippen LogP contribution in [0, 0.1) is 17.0 Å². The molecule has 2 rings (SSSR count). The van der Waals surface area contributed by atoms with Crippen LogP contribution in [0.1, 0.15) is 49.7 Å². The van der Waals surface area contributed by atoms with Crippen molar-refractivity contribution in [3.05, 3.63) is 31.8 Å². The van der Waals surface area contributed by atoms with Gasteiger partial charge in [0.1, 0.15) is 11.6 Å². The van der Waals surface area contributed by atoms with Crippen LogP contribution in [0.2, 0.25) is 0 Å². The van der Waals surface area contributed by atoms with Crippen molar-refractivity contribution in [3.8, 4) is 0 Å². The summed E-state index contributed by atoms with van der Waals surface area (Å²) >= 11 is 1.51. The lowest BCUT2D eigenvalue weighted by Gasteiger charge is -2.38. The molecule has 2 heterocycles. The Kier molecular flexibility index (Phi) is 4.79. The highest BCUT2D eigenvalue weighted by Gasteiger charge is 2.48. The van der Waals surface area contributed by atoms with Crippen LogP contribution in [0.4, 0.5) is 0 Å². The SMILES string of the molecule is CCC1(C)C(c2nc(C)c(CCO[N+](=O)[O-])s2)=CC(C)(C)N1O. The summed E-state index contributed by atoms with van der Waals surface area (Å²) in [6.07, 6.45) is 3.25. The van der Waals surface area contributed by atoms with Gasteiger partial charge in [-0.3, -0.25) is 0 Å². The van der Waals surface area contributed by atoms with Gasteiger partial charge in [-0.1, -0.05) is 13.0 Å². The lowest BCUT2D eigenvalue weighted by atomic mass is 9.91. The largest absolute Gasteiger partial charge is 0.314 e. The summed E-state index contributed by atoms with van der Waals surface area (Å²) in [6.45, 7) is 9.87. The first-order chi connectivity index (χ1) is 10.6. The first kappa shape index (κ1) is 17.8. The predicted octanol–water partition coefficient (Wildman–Crippen LogP) is 3.24. The quantitative estimate of drug-likeness (QED) is 0.631. The van der Waals surface area contributed by atoms with Gasteiger partial charge >= 0.3 is 0 Å². The van der Waals surface area contributed by atoms with Crippen molar-refractivity contribution in [1.29, 1.82) is 0 Å². The van der Waals surface area contributed by atoms with E-state index in [0.29, 0.717) is 6.42 Å². The maximum Gasteiger partial charge on any atom is 0.294 e. The Morgan fingerprint density at radius 2 is 2.13 bits per heavy atom. The number of hydroxylamine groups is 2. The molecule has 1 aliphatic heterocycles. The van der Waals surface area contributed by atoms with Gasteiger partial charge in [0.2, 0.25) is 0 Å². The molecule has 0 aliphatic carbocycles. The Hall–Kier alpha value is -1.51. The average molecular weight is 341 g/mol. The molecular weight excluding hydrogens is 318 g/mol. The van der Waals surface area contributed by atoms with Crippen molar-refractivity contribution in [3.63, 3.8) is 0 Å². The maximum atomic E-state index is 10.5. The highest BCUT2D eigenvalue weighted by molar-refractivity contribution is 7.12. The highest BCUT2D eigenvalue weighted by Crippen LogP contribution is 2.46. The Bertz CT molecular complexity index is 641. The van der Waals surface area contributed by atoms with E-state index in [1.165, 1.54) is 16.4 Å². The van der Waals surface area contributed by atoms with Gasteiger partial charge in [0, 0.05) is 16.9 Å². The number of rotatable bonds is 6. The fourth-order valence-electron chi connectivity index (χ4n) is 2.94. The van der Waals surface area contributed by atoms with Crippen molar-refractivity contribution in [2.45, 2.75) is 58.5 Å². The highest BCUT2D eigenvalue weighted by atomic mass is 32.1. The van der Waals surface area contributed by atoms with E-state index in [1.54, 1.807) is 0 Å². The van der Waals surface area contributed by atoms with E-state index in [2.05, 4.69) is 9.82 Å². The van der Waals surface area contributed by atoms with E-state index in [-0.39, 0.29) is 6.61 Å². The molecule has 0 saturated heterocycles. The van der Waals surface area contributed by atoms with Crippen LogP contribution in [0.25, 0.3) is 5.57 Å². The van der Waals surface area contributed by atoms with E-state index in [0.717, 1.165) is 27.6 Å². The van der Waals surface area contributed by atoms with Crippen LogP contribution in [0.3, 0.4) is 0 Å². The van der Waals surface area contributed by atoms with Crippen LogP contribution in [-0.4, -0.2) is 38.0 Å². The molecule has 0 bridgehead atoms. The maximum absolute atomic E-state index is 10.5. The molecule has 128 valence electrons. The third-order valence-corrected chi connectivity index (χ3v) is 5.68. The number of nitrogens with zero attached hydrogens (tertiary/aromatic N) is 3. The van der Waals surface area contributed by atoms with Crippen molar-refractivity contribution in [2.24, 2.45) is 0 Å². The molecule has 1 aromatic rings. The number of hydrogen-bond acceptors (Lipinski definition) is 7. The zero-order chi connectivity index (χ0) is 17.4. The normalized spacial score (nSPS) is 23.8. The molecule has 7 nitrogen and oxygen atoms in total. The average Bonchev–Trinajstić information content (AvgIpc) is 2.91. The zero-order valence-electron chi connectivity index (χ0n) is 14.1. The molecule has 0 amide bonds. The molecular formula is C15H23N3O4S. The second-order valence-corrected chi connectivity index (χ2v) is 7.57. The molecule has 0 aromatic carbocycles. The Morgan fingerprint density at radius 1 is 1.48 bits per heavy atom. The van der Waals surface area contributed by atoms with Crippen molar-refractivity contribution >= 4 is 16.9 Å². The first-order valence-corrected chi connectivity index (χ1v) is 8.40. The summed E-state index contributed by atoms with van der Waals surface area (Å²) in [4.78, 5) is 20.2. The minimum atomic E-state index is -0.781. The van der Waals surface area contributed by atoms with Gasteiger partial charge in [0.25, 0.3) is 5.09 Å². The summed E-state index contributed by atoms with van der Waals surface area (Å²) in [5.74, 6) is 0. The van der Waals surface area contributed by atoms with Crippen LogP contribution in [-0.2, 0) is 11.3 Å². The molecule has 0 radical (unpaired) electrons. The lowest BCUT2D eigenvalue weighted by Crippen LogP contribution is -2.49. The third kappa shape index (κ3) is 3.24. The standard InChI is InChI=1S/C15H23N3O4S/c1-6-15(5)11(9-14(3,4)17(15)19)13-16-10(2)12(23-13)7-8-22-18(20)21/h9,19H,6-8H2,1-5H3. The van der Waals surface area contributed by atoms with E-state index in [4.69, 9.17) is 0 Å². The number of hydrogen-bond donors (Lipinski definition) is 1. The van der Waals surface area contributed by atoms with E-state index in [9.17, 15) is 15.3 Å². The van der Waals surface area contributed by atoms with Gasteiger partial charge < -0.3 is 10.0 Å². The van der Waals surface area contributed by atoms with Crippen LogP contribution in [0.15, 0.2) is 6.08 Å². The molecule has 0 spiro atoms. The van der Waals surface area contributed by atoms with Gasteiger partial charge in [-0.2, -0.15) is 5.06 Å². The van der Waals surface area contributed by atoms with Gasteiger partial charge in [-0.05, 0) is 34.1 Å². The molecule has 1 N–H and O–H groups in total. The topological polar surface area (TPSA) is 88.7 Å². The first-order valence-electron chi connectivity index (χ1n) is 7.58. The fraction of sp³-hybridized carbons (Fsp3) is 0.667. The number of aromatic nitrogens is 1. The predicted molar refractivity (Wildman–Crippen MR) is 87.9 cm³/mol. The Balaban J connectivity index is 2.30. The molecule has 0 fully saturated rings. The van der Waals surface area contributed by atoms with Gasteiger partial charge in [-0.25, -0.2) is 4.98 Å². The van der Waals surface area contributed by atoms with Crippen LogP contribution >= 0.6 is 11.3 Å². The number of thiazole rings is 1. The Labute approximate surface area is 139 Å². The third-order valence-electron chi connectivity index (χ3n) is 4.43. The molecule has 1 aliphatic rings. The summed E-state index contributed by atoms with van der Waals surface area (Å²) in [6, 6.07) is 0. The molecule has 8 heteroatoms. The molecule has 23 heavy (non-hydrogen) atoms. The fourth-order valence-corrected chi connectivity index (χ4v) is 4.12. The second-order valence-electron chi connectivity index (χ2n) is 6.49. The summed E-state index contributed by atoms with van der Waals surface area (Å²) < 4.78 is 0. The summed E-state index contributed by atoms with van der Waals surface area (Å²) in [7, 11) is 0. The summed E-state index contributed by atoms with van der Waals surface area (Å²) in [5, 5.41) is 22.3. The molecule has 1 aromatic heterocycles. The minimum Gasteiger partial charge on any atom is -0.314 e. The zero-order valence-corrected chi connectivity index (χ0v) is 14.9. The Morgan fingerprint density at radius 3 is 2.70 bits per heavy atom. The second kappa shape index (κ2) is 6.18. The molecule has 1 atom stereocenters. The minimum absolute atomic E-state index is 0.0250. The van der Waals surface area contributed by atoms with Crippen molar-refractivity contribution < 1.29 is 15.1 Å². The van der Waals surface area contributed by atoms with Gasteiger partial charge in [0.05, 0.1) is 16.8 Å². The molecule has 0 saturated carbocycles. The van der Waals surface area contributed by atoms with E-state index >= 15 is 0 Å². The van der Waals surface area contributed by atoms with Crippen LogP contribution < -0.4 is 0 Å². The van der Waals surface area contributed by atoms with E-state index in [1.807, 2.05) is 40.7 Å². The van der Waals surface area contributed by atoms with Crippen LogP contribution in [0.5, 0.6) is 0 Å². The monoisotopic (exact) mass is 341 g/mol. The molecule has 1 unspecified atom stereocenters. The smallest absolute Gasteiger partial charge is 0.294 e. The number of aryl methyl sites for hydroxylation is 1. The van der Waals surface area contributed by atoms with Crippen molar-refractivity contribution in [2.75, 3.05) is 6.61 Å². The lowest BCUT2D eigenvalue weighted by molar-refractivity contribution is -0.757. The van der Waals surface area contributed by atoms with Crippen molar-refractivity contribution in [1.82, 2.24) is 10.0 Å². The van der Waals surface area contributed by atoms with E-state index < -0.39 is 16.2 Å². The van der Waals surface area contributed by atoms with Gasteiger partial charge in [-0.15, -0.1) is 21.5 Å². The summed E-state index contributed by atoms with van der Waals surface area (Å²) in [5.41, 5.74) is 0.893.